The van der Waals surface area contributed by atoms with Gasteiger partial charge in [-0.3, -0.25) is 0 Å². The van der Waals surface area contributed by atoms with Gasteiger partial charge in [-0.25, -0.2) is 0 Å². The molecular weight excluding hydrogens is 246 g/mol. The molecule has 1 unspecified atom stereocenters. The van der Waals surface area contributed by atoms with E-state index < -0.39 is 0 Å². The molecule has 1 aromatic rings. The number of hydrogen-bond donors (Lipinski definition) is 2. The van der Waals surface area contributed by atoms with E-state index in [2.05, 4.69) is 4.98 Å². The van der Waals surface area contributed by atoms with E-state index in [4.69, 9.17) is 15.2 Å². The fourth-order valence-electron chi connectivity index (χ4n) is 2.03. The van der Waals surface area contributed by atoms with Crippen LogP contribution in [0.1, 0.15) is 13.8 Å². The van der Waals surface area contributed by atoms with Gasteiger partial charge in [-0.1, -0.05) is 0 Å². The highest BCUT2D eigenvalue weighted by Crippen LogP contribution is 2.26. The van der Waals surface area contributed by atoms with Crippen molar-refractivity contribution in [2.75, 3.05) is 37.0 Å². The summed E-state index contributed by atoms with van der Waals surface area (Å²) in [6, 6.07) is 3.55. The van der Waals surface area contributed by atoms with Crippen molar-refractivity contribution in [2.24, 2.45) is 0 Å². The zero-order chi connectivity index (χ0) is 13.8. The summed E-state index contributed by atoms with van der Waals surface area (Å²) in [5.41, 5.74) is 6.37. The average molecular weight is 267 g/mol. The van der Waals surface area contributed by atoms with Crippen molar-refractivity contribution in [1.82, 2.24) is 4.98 Å². The molecule has 1 aliphatic heterocycles. The zero-order valence-electron chi connectivity index (χ0n) is 11.4. The van der Waals surface area contributed by atoms with E-state index >= 15 is 0 Å². The van der Waals surface area contributed by atoms with Crippen LogP contribution in [0, 0.1) is 0 Å². The summed E-state index contributed by atoms with van der Waals surface area (Å²) >= 11 is 0. The van der Waals surface area contributed by atoms with E-state index in [1.807, 2.05) is 24.8 Å². The first-order valence-electron chi connectivity index (χ1n) is 6.50. The molecule has 0 radical (unpaired) electrons. The zero-order valence-corrected chi connectivity index (χ0v) is 11.4. The molecule has 2 heterocycles. The summed E-state index contributed by atoms with van der Waals surface area (Å²) in [6.07, 6.45) is 0.0170. The molecule has 1 aliphatic rings. The summed E-state index contributed by atoms with van der Waals surface area (Å²) < 4.78 is 10.9. The van der Waals surface area contributed by atoms with Gasteiger partial charge in [0.05, 0.1) is 37.7 Å². The van der Waals surface area contributed by atoms with Gasteiger partial charge in [-0.05, 0) is 26.0 Å². The maximum absolute atomic E-state index is 9.39. The molecule has 6 nitrogen and oxygen atoms in total. The third-order valence-electron chi connectivity index (χ3n) is 2.95. The SMILES string of the molecule is CC(C)Oc1nc(N2CCOCC2CO)ccc1N. The van der Waals surface area contributed by atoms with Crippen LogP contribution in [0.2, 0.25) is 0 Å². The lowest BCUT2D eigenvalue weighted by atomic mass is 10.2. The predicted octanol–water partition coefficient (Wildman–Crippen LogP) is 0.648. The van der Waals surface area contributed by atoms with Gasteiger partial charge in [0.25, 0.3) is 0 Å². The predicted molar refractivity (Wildman–Crippen MR) is 73.5 cm³/mol. The molecular formula is C13H21N3O3. The number of nitrogens with zero attached hydrogens (tertiary/aromatic N) is 2. The van der Waals surface area contributed by atoms with Gasteiger partial charge in [0, 0.05) is 6.54 Å². The molecule has 0 aliphatic carbocycles. The number of nitrogen functional groups attached to an aromatic ring is 1. The Balaban J connectivity index is 2.23. The Kier molecular flexibility index (Phi) is 4.44. The van der Waals surface area contributed by atoms with Gasteiger partial charge in [-0.2, -0.15) is 4.98 Å². The van der Waals surface area contributed by atoms with Crippen LogP contribution in [0.5, 0.6) is 5.88 Å². The Morgan fingerprint density at radius 3 is 3.05 bits per heavy atom. The Labute approximate surface area is 113 Å². The first kappa shape index (κ1) is 13.9. The molecule has 1 fully saturated rings. The number of ether oxygens (including phenoxy) is 2. The topological polar surface area (TPSA) is 80.8 Å². The van der Waals surface area contributed by atoms with Crippen molar-refractivity contribution in [2.45, 2.75) is 26.0 Å². The van der Waals surface area contributed by atoms with Gasteiger partial charge < -0.3 is 25.2 Å². The number of hydrogen-bond acceptors (Lipinski definition) is 6. The van der Waals surface area contributed by atoms with Crippen LogP contribution < -0.4 is 15.4 Å². The molecule has 1 aromatic heterocycles. The Morgan fingerprint density at radius 1 is 1.58 bits per heavy atom. The minimum Gasteiger partial charge on any atom is -0.473 e. The minimum absolute atomic E-state index is 0.0170. The smallest absolute Gasteiger partial charge is 0.239 e. The van der Waals surface area contributed by atoms with Gasteiger partial charge in [0.1, 0.15) is 5.82 Å². The second kappa shape index (κ2) is 6.08. The van der Waals surface area contributed by atoms with Gasteiger partial charge in [0.2, 0.25) is 5.88 Å². The van der Waals surface area contributed by atoms with Crippen molar-refractivity contribution < 1.29 is 14.6 Å². The van der Waals surface area contributed by atoms with E-state index in [0.29, 0.717) is 31.3 Å². The number of aliphatic hydroxyl groups excluding tert-OH is 1. The fraction of sp³-hybridized carbons (Fsp3) is 0.615. The maximum atomic E-state index is 9.39. The Morgan fingerprint density at radius 2 is 2.37 bits per heavy atom. The maximum Gasteiger partial charge on any atom is 0.239 e. The number of anilines is 2. The van der Waals surface area contributed by atoms with Crippen molar-refractivity contribution in [3.05, 3.63) is 12.1 Å². The van der Waals surface area contributed by atoms with Crippen molar-refractivity contribution in [3.8, 4) is 5.88 Å². The van der Waals surface area contributed by atoms with E-state index in [9.17, 15) is 5.11 Å². The average Bonchev–Trinajstić information content (AvgIpc) is 2.41. The quantitative estimate of drug-likeness (QED) is 0.833. The van der Waals surface area contributed by atoms with E-state index in [-0.39, 0.29) is 18.8 Å². The first-order chi connectivity index (χ1) is 9.11. The molecule has 106 valence electrons. The van der Waals surface area contributed by atoms with Crippen LogP contribution >= 0.6 is 0 Å². The summed E-state index contributed by atoms with van der Waals surface area (Å²) in [5, 5.41) is 9.39. The van der Waals surface area contributed by atoms with Crippen LogP contribution in [-0.2, 0) is 4.74 Å². The van der Waals surface area contributed by atoms with Crippen molar-refractivity contribution in [3.63, 3.8) is 0 Å². The summed E-state index contributed by atoms with van der Waals surface area (Å²) in [5.74, 6) is 1.20. The van der Waals surface area contributed by atoms with Crippen LogP contribution in [0.25, 0.3) is 0 Å². The lowest BCUT2D eigenvalue weighted by Gasteiger charge is -2.35. The highest BCUT2D eigenvalue weighted by atomic mass is 16.5. The van der Waals surface area contributed by atoms with Crippen LogP contribution in [0.4, 0.5) is 11.5 Å². The number of pyridine rings is 1. The molecule has 6 heteroatoms. The lowest BCUT2D eigenvalue weighted by molar-refractivity contribution is 0.0722. The fourth-order valence-corrected chi connectivity index (χ4v) is 2.03. The highest BCUT2D eigenvalue weighted by Gasteiger charge is 2.24. The molecule has 3 N–H and O–H groups in total. The summed E-state index contributed by atoms with van der Waals surface area (Å²) in [6.45, 7) is 5.72. The van der Waals surface area contributed by atoms with Gasteiger partial charge in [0.15, 0.2) is 0 Å². The van der Waals surface area contributed by atoms with E-state index in [1.54, 1.807) is 6.07 Å². The second-order valence-electron chi connectivity index (χ2n) is 4.84. The Bertz CT molecular complexity index is 426. The normalized spacial score (nSPS) is 19.8. The van der Waals surface area contributed by atoms with Crippen molar-refractivity contribution in [1.29, 1.82) is 0 Å². The number of aromatic nitrogens is 1. The highest BCUT2D eigenvalue weighted by molar-refractivity contribution is 5.55. The molecule has 0 amide bonds. The molecule has 1 saturated heterocycles. The van der Waals surface area contributed by atoms with Gasteiger partial charge in [-0.15, -0.1) is 0 Å². The number of nitrogens with two attached hydrogens (primary N) is 1. The summed E-state index contributed by atoms with van der Waals surface area (Å²) in [7, 11) is 0. The van der Waals surface area contributed by atoms with Crippen LogP contribution in [0.3, 0.4) is 0 Å². The lowest BCUT2D eigenvalue weighted by Crippen LogP contribution is -2.48. The molecule has 0 bridgehead atoms. The molecule has 0 saturated carbocycles. The number of morpholine rings is 1. The first-order valence-corrected chi connectivity index (χ1v) is 6.50. The monoisotopic (exact) mass is 267 g/mol. The van der Waals surface area contributed by atoms with E-state index in [0.717, 1.165) is 5.82 Å². The molecule has 1 atom stereocenters. The van der Waals surface area contributed by atoms with Gasteiger partial charge >= 0.3 is 0 Å². The third kappa shape index (κ3) is 3.27. The largest absolute Gasteiger partial charge is 0.473 e. The van der Waals surface area contributed by atoms with Crippen molar-refractivity contribution >= 4 is 11.5 Å². The molecule has 0 spiro atoms. The minimum atomic E-state index is -0.0724. The molecule has 2 rings (SSSR count). The standard InChI is InChI=1S/C13H21N3O3/c1-9(2)19-13-11(14)3-4-12(15-13)16-5-6-18-8-10(16)7-17/h3-4,9-10,17H,5-8,14H2,1-2H3. The summed E-state index contributed by atoms with van der Waals surface area (Å²) in [4.78, 5) is 6.47. The van der Waals surface area contributed by atoms with E-state index in [1.165, 1.54) is 0 Å². The number of aliphatic hydroxyl groups is 1. The molecule has 0 aromatic carbocycles. The third-order valence-corrected chi connectivity index (χ3v) is 2.95. The van der Waals surface area contributed by atoms with Crippen LogP contribution in [-0.4, -0.2) is 48.6 Å². The Hall–Kier alpha value is -1.53. The molecule has 19 heavy (non-hydrogen) atoms. The van der Waals surface area contributed by atoms with Crippen LogP contribution in [0.15, 0.2) is 12.1 Å². The number of rotatable bonds is 4. The second-order valence-corrected chi connectivity index (χ2v) is 4.84.